The second-order valence-electron chi connectivity index (χ2n) is 4.44. The van der Waals surface area contributed by atoms with E-state index in [9.17, 15) is 18.9 Å². The molecular weight excluding hydrogens is 294 g/mol. The Hall–Kier alpha value is -2.90. The molecule has 6 nitrogen and oxygen atoms in total. The topological polar surface area (TPSA) is 71.6 Å². The van der Waals surface area contributed by atoms with Crippen LogP contribution < -0.4 is 5.01 Å². The van der Waals surface area contributed by atoms with Gasteiger partial charge in [0.25, 0.3) is 0 Å². The molecule has 2 aromatic rings. The summed E-state index contributed by atoms with van der Waals surface area (Å²) in [4.78, 5) is 14.3. The SMILES string of the molecule is C/C(=N/N(C)c1ncccc1[N+](=O)[O-])c1ccc(F)c(F)c1. The van der Waals surface area contributed by atoms with Crippen LogP contribution in [0.3, 0.4) is 0 Å². The first-order valence-corrected chi connectivity index (χ1v) is 6.24. The van der Waals surface area contributed by atoms with E-state index in [0.29, 0.717) is 11.3 Å². The lowest BCUT2D eigenvalue weighted by molar-refractivity contribution is -0.384. The molecule has 0 N–H and O–H groups in total. The number of anilines is 1. The summed E-state index contributed by atoms with van der Waals surface area (Å²) < 4.78 is 26.1. The Balaban J connectivity index is 2.35. The van der Waals surface area contributed by atoms with Crippen LogP contribution in [-0.2, 0) is 0 Å². The average molecular weight is 306 g/mol. The molecule has 0 fully saturated rings. The summed E-state index contributed by atoms with van der Waals surface area (Å²) in [6.07, 6.45) is 1.40. The molecule has 8 heteroatoms. The molecule has 114 valence electrons. The van der Waals surface area contributed by atoms with E-state index in [4.69, 9.17) is 0 Å². The van der Waals surface area contributed by atoms with Crippen molar-refractivity contribution in [2.24, 2.45) is 5.10 Å². The van der Waals surface area contributed by atoms with E-state index in [1.807, 2.05) is 0 Å². The second kappa shape index (κ2) is 6.25. The van der Waals surface area contributed by atoms with Gasteiger partial charge in [0.15, 0.2) is 11.6 Å². The maximum absolute atomic E-state index is 13.2. The van der Waals surface area contributed by atoms with Gasteiger partial charge in [-0.25, -0.2) is 18.8 Å². The molecule has 0 saturated carbocycles. The molecule has 2 rings (SSSR count). The van der Waals surface area contributed by atoms with Gasteiger partial charge < -0.3 is 0 Å². The van der Waals surface area contributed by atoms with E-state index in [-0.39, 0.29) is 11.5 Å². The molecule has 1 aromatic carbocycles. The summed E-state index contributed by atoms with van der Waals surface area (Å²) >= 11 is 0. The van der Waals surface area contributed by atoms with Gasteiger partial charge in [0, 0.05) is 24.9 Å². The fourth-order valence-corrected chi connectivity index (χ4v) is 1.83. The minimum absolute atomic E-state index is 0.0504. The summed E-state index contributed by atoms with van der Waals surface area (Å²) in [6, 6.07) is 6.13. The number of halogens is 2. The molecule has 0 saturated heterocycles. The average Bonchev–Trinajstić information content (AvgIpc) is 2.49. The van der Waals surface area contributed by atoms with Gasteiger partial charge in [0.05, 0.1) is 10.6 Å². The summed E-state index contributed by atoms with van der Waals surface area (Å²) in [7, 11) is 1.48. The maximum atomic E-state index is 13.2. The van der Waals surface area contributed by atoms with Gasteiger partial charge in [-0.05, 0) is 31.2 Å². The van der Waals surface area contributed by atoms with Crippen LogP contribution in [0.2, 0.25) is 0 Å². The normalized spacial score (nSPS) is 11.4. The van der Waals surface area contributed by atoms with Crippen LogP contribution in [-0.4, -0.2) is 22.7 Å². The Morgan fingerprint density at radius 1 is 1.32 bits per heavy atom. The van der Waals surface area contributed by atoms with E-state index in [1.165, 1.54) is 36.5 Å². The van der Waals surface area contributed by atoms with Gasteiger partial charge >= 0.3 is 5.69 Å². The first-order chi connectivity index (χ1) is 10.4. The summed E-state index contributed by atoms with van der Waals surface area (Å²) in [5.74, 6) is -1.89. The van der Waals surface area contributed by atoms with Crippen LogP contribution in [0, 0.1) is 21.7 Å². The molecule has 0 bridgehead atoms. The third-order valence-electron chi connectivity index (χ3n) is 2.91. The largest absolute Gasteiger partial charge is 0.313 e. The van der Waals surface area contributed by atoms with Gasteiger partial charge in [0.1, 0.15) is 0 Å². The minimum Gasteiger partial charge on any atom is -0.258 e. The number of hydrazone groups is 1. The van der Waals surface area contributed by atoms with Crippen LogP contribution >= 0.6 is 0 Å². The molecule has 0 aliphatic rings. The Morgan fingerprint density at radius 3 is 2.68 bits per heavy atom. The van der Waals surface area contributed by atoms with Crippen molar-refractivity contribution in [3.8, 4) is 0 Å². The summed E-state index contributed by atoms with van der Waals surface area (Å²) in [5, 5.41) is 16.3. The van der Waals surface area contributed by atoms with E-state index < -0.39 is 16.6 Å². The number of pyridine rings is 1. The molecular formula is C14H12F2N4O2. The highest BCUT2D eigenvalue weighted by molar-refractivity contribution is 5.99. The summed E-state index contributed by atoms with van der Waals surface area (Å²) in [5.41, 5.74) is 0.525. The Morgan fingerprint density at radius 2 is 2.05 bits per heavy atom. The lowest BCUT2D eigenvalue weighted by Gasteiger charge is -2.13. The zero-order chi connectivity index (χ0) is 16.3. The number of nitro groups is 1. The second-order valence-corrected chi connectivity index (χ2v) is 4.44. The molecule has 22 heavy (non-hydrogen) atoms. The number of hydrogen-bond acceptors (Lipinski definition) is 5. The minimum atomic E-state index is -0.987. The number of nitrogens with zero attached hydrogens (tertiary/aromatic N) is 4. The number of benzene rings is 1. The van der Waals surface area contributed by atoms with Crippen LogP contribution in [0.15, 0.2) is 41.6 Å². The van der Waals surface area contributed by atoms with E-state index >= 15 is 0 Å². The van der Waals surface area contributed by atoms with Crippen LogP contribution in [0.25, 0.3) is 0 Å². The fourth-order valence-electron chi connectivity index (χ4n) is 1.83. The molecule has 1 heterocycles. The molecule has 0 amide bonds. The quantitative estimate of drug-likeness (QED) is 0.494. The van der Waals surface area contributed by atoms with Crippen molar-refractivity contribution in [3.05, 3.63) is 63.8 Å². The number of hydrogen-bond donors (Lipinski definition) is 0. The predicted molar refractivity (Wildman–Crippen MR) is 77.9 cm³/mol. The van der Waals surface area contributed by atoms with Gasteiger partial charge in [-0.15, -0.1) is 0 Å². The first kappa shape index (κ1) is 15.5. The fraction of sp³-hybridized carbons (Fsp3) is 0.143. The highest BCUT2D eigenvalue weighted by Crippen LogP contribution is 2.24. The van der Waals surface area contributed by atoms with Crippen molar-refractivity contribution >= 4 is 17.2 Å². The lowest BCUT2D eigenvalue weighted by atomic mass is 10.1. The van der Waals surface area contributed by atoms with Crippen LogP contribution in [0.5, 0.6) is 0 Å². The van der Waals surface area contributed by atoms with Crippen molar-refractivity contribution < 1.29 is 13.7 Å². The highest BCUT2D eigenvalue weighted by Gasteiger charge is 2.18. The van der Waals surface area contributed by atoms with Crippen molar-refractivity contribution in [2.45, 2.75) is 6.92 Å². The summed E-state index contributed by atoms with van der Waals surface area (Å²) in [6.45, 7) is 1.58. The van der Waals surface area contributed by atoms with Gasteiger partial charge in [0.2, 0.25) is 5.82 Å². The van der Waals surface area contributed by atoms with Crippen molar-refractivity contribution in [3.63, 3.8) is 0 Å². The van der Waals surface area contributed by atoms with Crippen molar-refractivity contribution in [1.82, 2.24) is 4.98 Å². The molecule has 1 aromatic heterocycles. The van der Waals surface area contributed by atoms with E-state index in [0.717, 1.165) is 12.1 Å². The number of rotatable bonds is 4. The smallest absolute Gasteiger partial charge is 0.258 e. The van der Waals surface area contributed by atoms with Gasteiger partial charge in [-0.1, -0.05) is 0 Å². The third kappa shape index (κ3) is 3.22. The standard InChI is InChI=1S/C14H12F2N4O2/c1-9(10-5-6-11(15)12(16)8-10)18-19(2)14-13(20(21)22)4-3-7-17-14/h3-8H,1-2H3/b18-9-. The van der Waals surface area contributed by atoms with Gasteiger partial charge in [-0.2, -0.15) is 5.10 Å². The van der Waals surface area contributed by atoms with Crippen LogP contribution in [0.4, 0.5) is 20.3 Å². The maximum Gasteiger partial charge on any atom is 0.313 e. The molecule has 0 spiro atoms. The Kier molecular flexibility index (Phi) is 4.40. The molecule has 0 radical (unpaired) electrons. The lowest BCUT2D eigenvalue weighted by Crippen LogP contribution is -2.15. The van der Waals surface area contributed by atoms with Crippen molar-refractivity contribution in [1.29, 1.82) is 0 Å². The van der Waals surface area contributed by atoms with Crippen molar-refractivity contribution in [2.75, 3.05) is 12.1 Å². The predicted octanol–water partition coefficient (Wildman–Crippen LogP) is 3.13. The van der Waals surface area contributed by atoms with E-state index in [1.54, 1.807) is 6.92 Å². The molecule has 0 atom stereocenters. The zero-order valence-electron chi connectivity index (χ0n) is 11.8. The van der Waals surface area contributed by atoms with Crippen LogP contribution in [0.1, 0.15) is 12.5 Å². The molecule has 0 aliphatic carbocycles. The highest BCUT2D eigenvalue weighted by atomic mass is 19.2. The Bertz CT molecular complexity index is 749. The number of aromatic nitrogens is 1. The molecule has 0 unspecified atom stereocenters. The third-order valence-corrected chi connectivity index (χ3v) is 2.91. The Labute approximate surface area is 124 Å². The molecule has 0 aliphatic heterocycles. The first-order valence-electron chi connectivity index (χ1n) is 6.24. The monoisotopic (exact) mass is 306 g/mol. The van der Waals surface area contributed by atoms with E-state index in [2.05, 4.69) is 10.1 Å². The zero-order valence-corrected chi connectivity index (χ0v) is 11.8. The van der Waals surface area contributed by atoms with Gasteiger partial charge in [-0.3, -0.25) is 10.1 Å².